The van der Waals surface area contributed by atoms with Gasteiger partial charge < -0.3 is 8.98 Å². The third-order valence-corrected chi connectivity index (χ3v) is 10.2. The van der Waals surface area contributed by atoms with Gasteiger partial charge in [-0.2, -0.15) is 0 Å². The highest BCUT2D eigenvalue weighted by atomic mass is 16.3. The van der Waals surface area contributed by atoms with Gasteiger partial charge in [0.1, 0.15) is 11.2 Å². The summed E-state index contributed by atoms with van der Waals surface area (Å²) in [6.45, 7) is 0. The van der Waals surface area contributed by atoms with E-state index in [1.807, 2.05) is 54.6 Å². The Kier molecular flexibility index (Phi) is 5.44. The van der Waals surface area contributed by atoms with Gasteiger partial charge in [-0.15, -0.1) is 0 Å². The number of benzene rings is 8. The molecule has 262 valence electrons. The van der Waals surface area contributed by atoms with E-state index in [-0.39, 0.29) is 28.3 Å². The molecule has 56 heavy (non-hydrogen) atoms. The van der Waals surface area contributed by atoms with Crippen LogP contribution in [-0.4, -0.2) is 14.5 Å². The molecule has 3 heterocycles. The van der Waals surface area contributed by atoms with Crippen LogP contribution in [0.5, 0.6) is 0 Å². The van der Waals surface area contributed by atoms with Crippen molar-refractivity contribution in [1.29, 1.82) is 0 Å². The van der Waals surface area contributed by atoms with E-state index in [0.717, 1.165) is 55.1 Å². The quantitative estimate of drug-likeness (QED) is 0.171. The topological polar surface area (TPSA) is 43.9 Å². The van der Waals surface area contributed by atoms with Crippen LogP contribution in [0.1, 0.15) is 13.7 Å². The van der Waals surface area contributed by atoms with Crippen molar-refractivity contribution >= 4 is 43.7 Å². The van der Waals surface area contributed by atoms with Crippen LogP contribution < -0.4 is 0 Å². The Balaban J connectivity index is 1.05. The fraction of sp³-hybridized carbons (Fsp3) is 0. The third-order valence-electron chi connectivity index (χ3n) is 10.2. The summed E-state index contributed by atoms with van der Waals surface area (Å²) in [6, 6.07) is 40.5. The van der Waals surface area contributed by atoms with Gasteiger partial charge in [-0.1, -0.05) is 145 Å². The molecule has 0 aliphatic rings. The summed E-state index contributed by atoms with van der Waals surface area (Å²) >= 11 is 0. The third kappa shape index (κ3) is 5.39. The van der Waals surface area contributed by atoms with E-state index in [0.29, 0.717) is 16.7 Å². The Labute approximate surface area is 337 Å². The summed E-state index contributed by atoms with van der Waals surface area (Å²) < 4.78 is 93.5. The molecule has 0 bridgehead atoms. The molecule has 0 aliphatic heterocycles. The average Bonchev–Trinajstić information content (AvgIpc) is 3.89. The number of para-hydroxylation sites is 2. The monoisotopic (exact) mass is 725 g/mol. The van der Waals surface area contributed by atoms with Crippen LogP contribution in [0, 0.1) is 0 Å². The summed E-state index contributed by atoms with van der Waals surface area (Å²) in [7, 11) is 0. The van der Waals surface area contributed by atoms with Crippen molar-refractivity contribution in [2.75, 3.05) is 0 Å². The SMILES string of the molecule is [2H]c1c([2H])c([2H])c(-c2cc(-c3c([2H])c([2H])c([2H])c([2H])c3[2H])nc(-c3cccc(-c4cccc5oc6cc(-c7ccc8c9ccccc9n(-c9ccccc9)c8c7)ccc6c45)c3)n2)c([2H])c1[2H]. The standard InChI is InChI=1S/C52H33N3O/c1-4-14-34(15-5-1)45-33-46(35-16-6-2-7-17-35)54-52(53-45)39-19-12-18-38(30-39)41-23-13-25-49-51(41)44-29-27-37(32-50(44)56-49)36-26-28-43-42-22-10-11-24-47(42)55(48(43)31-36)40-20-8-3-9-21-40/h1-33H/i1D,2D,4D,5D,6D,7D,14D,15D,16D,17D. The molecule has 4 heteroatoms. The Hall–Kier alpha value is -7.56. The van der Waals surface area contributed by atoms with E-state index >= 15 is 0 Å². The number of fused-ring (bicyclic) bond motifs is 6. The second kappa shape index (κ2) is 13.1. The van der Waals surface area contributed by atoms with Crippen LogP contribution >= 0.6 is 0 Å². The highest BCUT2D eigenvalue weighted by Crippen LogP contribution is 2.40. The number of furan rings is 1. The van der Waals surface area contributed by atoms with Crippen molar-refractivity contribution in [3.8, 4) is 61.8 Å². The van der Waals surface area contributed by atoms with Gasteiger partial charge >= 0.3 is 0 Å². The van der Waals surface area contributed by atoms with Crippen molar-refractivity contribution in [1.82, 2.24) is 14.5 Å². The Bertz CT molecular complexity index is 3700. The maximum absolute atomic E-state index is 8.73. The highest BCUT2D eigenvalue weighted by Gasteiger charge is 2.17. The maximum Gasteiger partial charge on any atom is 0.160 e. The summed E-state index contributed by atoms with van der Waals surface area (Å²) in [6.07, 6.45) is 0. The minimum absolute atomic E-state index is 0.0418. The normalized spacial score (nSPS) is 14.1. The average molecular weight is 726 g/mol. The van der Waals surface area contributed by atoms with E-state index in [2.05, 4.69) is 77.4 Å². The van der Waals surface area contributed by atoms with Crippen molar-refractivity contribution in [3.63, 3.8) is 0 Å². The van der Waals surface area contributed by atoms with Gasteiger partial charge in [0.2, 0.25) is 0 Å². The van der Waals surface area contributed by atoms with Gasteiger partial charge in [0, 0.05) is 43.9 Å². The zero-order chi connectivity index (χ0) is 45.7. The Morgan fingerprint density at radius 2 is 1.07 bits per heavy atom. The van der Waals surface area contributed by atoms with Crippen LogP contribution in [-0.2, 0) is 0 Å². The van der Waals surface area contributed by atoms with Crippen LogP contribution in [0.25, 0.3) is 106 Å². The van der Waals surface area contributed by atoms with E-state index in [9.17, 15) is 0 Å². The van der Waals surface area contributed by atoms with Crippen LogP contribution in [0.2, 0.25) is 0 Å². The van der Waals surface area contributed by atoms with Crippen molar-refractivity contribution in [3.05, 3.63) is 200 Å². The molecule has 0 atom stereocenters. The zero-order valence-corrected chi connectivity index (χ0v) is 29.5. The van der Waals surface area contributed by atoms with Gasteiger partial charge in [-0.3, -0.25) is 0 Å². The lowest BCUT2D eigenvalue weighted by Gasteiger charge is -2.11. The molecule has 0 amide bonds. The number of hydrogen-bond donors (Lipinski definition) is 0. The highest BCUT2D eigenvalue weighted by molar-refractivity contribution is 6.14. The first-order chi connectivity index (χ1) is 31.9. The molecule has 0 N–H and O–H groups in total. The number of aromatic nitrogens is 3. The smallest absolute Gasteiger partial charge is 0.160 e. The van der Waals surface area contributed by atoms with E-state index < -0.39 is 60.4 Å². The van der Waals surface area contributed by atoms with Gasteiger partial charge in [0.05, 0.1) is 36.1 Å². The largest absolute Gasteiger partial charge is 0.456 e. The predicted molar refractivity (Wildman–Crippen MR) is 231 cm³/mol. The predicted octanol–water partition coefficient (Wildman–Crippen LogP) is 13.8. The molecule has 0 saturated heterocycles. The first kappa shape index (κ1) is 23.3. The molecular formula is C52H33N3O. The molecule has 4 nitrogen and oxygen atoms in total. The molecule has 11 rings (SSSR count). The van der Waals surface area contributed by atoms with Crippen LogP contribution in [0.4, 0.5) is 0 Å². The molecule has 0 aliphatic carbocycles. The lowest BCUT2D eigenvalue weighted by atomic mass is 9.96. The fourth-order valence-corrected chi connectivity index (χ4v) is 7.67. The molecule has 0 saturated carbocycles. The van der Waals surface area contributed by atoms with E-state index in [1.54, 1.807) is 6.07 Å². The second-order valence-corrected chi connectivity index (χ2v) is 13.5. The fourth-order valence-electron chi connectivity index (χ4n) is 7.67. The second-order valence-electron chi connectivity index (χ2n) is 13.5. The van der Waals surface area contributed by atoms with Gasteiger partial charge in [-0.25, -0.2) is 9.97 Å². The molecule has 3 aromatic heterocycles. The molecule has 0 spiro atoms. The van der Waals surface area contributed by atoms with Gasteiger partial charge in [0.15, 0.2) is 5.82 Å². The first-order valence-corrected chi connectivity index (χ1v) is 18.1. The van der Waals surface area contributed by atoms with Gasteiger partial charge in [-0.05, 0) is 76.9 Å². The maximum atomic E-state index is 8.73. The molecule has 0 fully saturated rings. The summed E-state index contributed by atoms with van der Waals surface area (Å²) in [5.41, 5.74) is 8.18. The lowest BCUT2D eigenvalue weighted by molar-refractivity contribution is 0.669. The zero-order valence-electron chi connectivity index (χ0n) is 39.5. The summed E-state index contributed by atoms with van der Waals surface area (Å²) in [4.78, 5) is 9.46. The van der Waals surface area contributed by atoms with Crippen LogP contribution in [0.15, 0.2) is 204 Å². The number of rotatable bonds is 6. The molecule has 0 radical (unpaired) electrons. The van der Waals surface area contributed by atoms with Crippen LogP contribution in [0.3, 0.4) is 0 Å². The van der Waals surface area contributed by atoms with E-state index in [1.165, 1.54) is 11.5 Å². The number of nitrogens with zero attached hydrogens (tertiary/aromatic N) is 3. The minimum Gasteiger partial charge on any atom is -0.456 e. The molecule has 8 aromatic carbocycles. The Morgan fingerprint density at radius 3 is 1.84 bits per heavy atom. The summed E-state index contributed by atoms with van der Waals surface area (Å²) in [5, 5.41) is 4.11. The molecular weight excluding hydrogens is 683 g/mol. The molecule has 11 aromatic rings. The van der Waals surface area contributed by atoms with Crippen molar-refractivity contribution < 1.29 is 18.1 Å². The van der Waals surface area contributed by atoms with Gasteiger partial charge in [0.25, 0.3) is 0 Å². The molecule has 0 unspecified atom stereocenters. The minimum atomic E-state index is -0.580. The van der Waals surface area contributed by atoms with Crippen molar-refractivity contribution in [2.24, 2.45) is 0 Å². The van der Waals surface area contributed by atoms with Crippen molar-refractivity contribution in [2.45, 2.75) is 0 Å². The lowest BCUT2D eigenvalue weighted by Crippen LogP contribution is -1.96. The van der Waals surface area contributed by atoms with E-state index in [4.69, 9.17) is 28.1 Å². The Morgan fingerprint density at radius 1 is 0.429 bits per heavy atom. The summed E-state index contributed by atoms with van der Waals surface area (Å²) in [5.74, 6) is 0.0418. The number of hydrogen-bond acceptors (Lipinski definition) is 3. The first-order valence-electron chi connectivity index (χ1n) is 23.1.